The fourth-order valence-electron chi connectivity index (χ4n) is 1.38. The molecule has 0 saturated heterocycles. The van der Waals surface area contributed by atoms with E-state index in [1.165, 1.54) is 6.07 Å². The second-order valence-electron chi connectivity index (χ2n) is 3.40. The highest BCUT2D eigenvalue weighted by molar-refractivity contribution is 5.51. The lowest BCUT2D eigenvalue weighted by Gasteiger charge is -2.13. The lowest BCUT2D eigenvalue weighted by atomic mass is 9.97. The summed E-state index contributed by atoms with van der Waals surface area (Å²) in [6.45, 7) is 1.05. The molecule has 3 heteroatoms. The molecule has 0 amide bonds. The molecule has 1 aromatic carbocycles. The van der Waals surface area contributed by atoms with Crippen molar-refractivity contribution in [2.45, 2.75) is 26.4 Å². The maximum absolute atomic E-state index is 12.1. The zero-order valence-electron chi connectivity index (χ0n) is 8.63. The molecule has 0 N–H and O–H groups in total. The van der Waals surface area contributed by atoms with Crippen LogP contribution in [0.4, 0.5) is 8.78 Å². The lowest BCUT2D eigenvalue weighted by Crippen LogP contribution is -2.05. The summed E-state index contributed by atoms with van der Waals surface area (Å²) in [6, 6.07) is 4.93. The van der Waals surface area contributed by atoms with E-state index in [0.29, 0.717) is 5.56 Å². The molecule has 0 fully saturated rings. The number of rotatable bonds is 3. The van der Waals surface area contributed by atoms with Gasteiger partial charge in [0.05, 0.1) is 5.56 Å². The predicted molar refractivity (Wildman–Crippen MR) is 55.1 cm³/mol. The summed E-state index contributed by atoms with van der Waals surface area (Å²) in [4.78, 5) is 0. The summed E-state index contributed by atoms with van der Waals surface area (Å²) in [5.41, 5.74) is 1.25. The van der Waals surface area contributed by atoms with Gasteiger partial charge in [-0.2, -0.15) is 8.78 Å². The summed E-state index contributed by atoms with van der Waals surface area (Å²) >= 11 is 0. The van der Waals surface area contributed by atoms with Crippen LogP contribution in [0.15, 0.2) is 18.2 Å². The van der Waals surface area contributed by atoms with Crippen molar-refractivity contribution in [3.05, 3.63) is 29.3 Å². The number of hydrogen-bond acceptors (Lipinski definition) is 1. The number of hydrogen-bond donors (Lipinski definition) is 0. The summed E-state index contributed by atoms with van der Waals surface area (Å²) in [7, 11) is 0. The van der Waals surface area contributed by atoms with Crippen LogP contribution in [-0.4, -0.2) is 6.61 Å². The molecule has 0 atom stereocenters. The van der Waals surface area contributed by atoms with E-state index in [1.54, 1.807) is 6.07 Å². The molecule has 0 bridgehead atoms. The molecule has 1 nitrogen and oxygen atoms in total. The largest absolute Gasteiger partial charge is 0.433 e. The Kier molecular flexibility index (Phi) is 3.68. The van der Waals surface area contributed by atoms with Gasteiger partial charge in [-0.15, -0.1) is 6.42 Å². The predicted octanol–water partition coefficient (Wildman–Crippen LogP) is 3.39. The van der Waals surface area contributed by atoms with E-state index in [1.807, 2.05) is 19.9 Å². The van der Waals surface area contributed by atoms with Gasteiger partial charge in [-0.3, -0.25) is 0 Å². The van der Waals surface area contributed by atoms with Gasteiger partial charge in [0.25, 0.3) is 0 Å². The zero-order chi connectivity index (χ0) is 11.4. The van der Waals surface area contributed by atoms with E-state index in [9.17, 15) is 8.78 Å². The van der Waals surface area contributed by atoms with Crippen LogP contribution in [0.2, 0.25) is 0 Å². The van der Waals surface area contributed by atoms with Gasteiger partial charge in [0.15, 0.2) is 0 Å². The fraction of sp³-hybridized carbons (Fsp3) is 0.333. The molecule has 0 aromatic heterocycles. The second-order valence-corrected chi connectivity index (χ2v) is 3.40. The zero-order valence-corrected chi connectivity index (χ0v) is 8.63. The van der Waals surface area contributed by atoms with Gasteiger partial charge < -0.3 is 4.74 Å². The molecule has 15 heavy (non-hydrogen) atoms. The first-order valence-corrected chi connectivity index (χ1v) is 4.60. The van der Waals surface area contributed by atoms with Crippen LogP contribution < -0.4 is 4.74 Å². The van der Waals surface area contributed by atoms with Crippen LogP contribution >= 0.6 is 0 Å². The van der Waals surface area contributed by atoms with Crippen LogP contribution in [0, 0.1) is 12.3 Å². The number of terminal acetylenes is 1. The van der Waals surface area contributed by atoms with Crippen LogP contribution in [-0.2, 0) is 0 Å². The van der Waals surface area contributed by atoms with E-state index in [2.05, 4.69) is 10.7 Å². The molecular formula is C12H12F2O. The number of alkyl halides is 2. The van der Waals surface area contributed by atoms with Gasteiger partial charge in [-0.05, 0) is 17.5 Å². The Morgan fingerprint density at radius 3 is 2.47 bits per heavy atom. The Bertz CT molecular complexity index is 378. The van der Waals surface area contributed by atoms with Gasteiger partial charge in [-0.1, -0.05) is 31.9 Å². The van der Waals surface area contributed by atoms with Crippen LogP contribution in [0.1, 0.15) is 30.9 Å². The maximum Gasteiger partial charge on any atom is 0.387 e. The molecular weight excluding hydrogens is 198 g/mol. The van der Waals surface area contributed by atoms with Crippen molar-refractivity contribution in [3.8, 4) is 18.1 Å². The SMILES string of the molecule is C#Cc1c(OC(F)F)cccc1C(C)C. The molecule has 80 valence electrons. The minimum absolute atomic E-state index is 0.0682. The highest BCUT2D eigenvalue weighted by atomic mass is 19.3. The van der Waals surface area contributed by atoms with Crippen molar-refractivity contribution in [1.29, 1.82) is 0 Å². The lowest BCUT2D eigenvalue weighted by molar-refractivity contribution is -0.0500. The average molecular weight is 210 g/mol. The van der Waals surface area contributed by atoms with Crippen LogP contribution in [0.25, 0.3) is 0 Å². The molecule has 0 radical (unpaired) electrons. The quantitative estimate of drug-likeness (QED) is 0.695. The number of ether oxygens (including phenoxy) is 1. The van der Waals surface area contributed by atoms with Crippen molar-refractivity contribution in [3.63, 3.8) is 0 Å². The van der Waals surface area contributed by atoms with Gasteiger partial charge in [-0.25, -0.2) is 0 Å². The Balaban J connectivity index is 3.18. The first-order chi connectivity index (χ1) is 7.06. The van der Waals surface area contributed by atoms with E-state index in [0.717, 1.165) is 5.56 Å². The normalized spacial score (nSPS) is 10.5. The summed E-state index contributed by atoms with van der Waals surface area (Å²) in [5, 5.41) is 0. The van der Waals surface area contributed by atoms with Crippen molar-refractivity contribution < 1.29 is 13.5 Å². The molecule has 0 spiro atoms. The standard InChI is InChI=1S/C12H12F2O/c1-4-9-10(8(2)3)6-5-7-11(9)15-12(13)14/h1,5-8,12H,2-3H3. The van der Waals surface area contributed by atoms with Crippen LogP contribution in [0.5, 0.6) is 5.75 Å². The van der Waals surface area contributed by atoms with E-state index < -0.39 is 6.61 Å². The fourth-order valence-corrected chi connectivity index (χ4v) is 1.38. The Hall–Kier alpha value is -1.56. The molecule has 0 unspecified atom stereocenters. The van der Waals surface area contributed by atoms with Gasteiger partial charge >= 0.3 is 6.61 Å². The minimum atomic E-state index is -2.85. The van der Waals surface area contributed by atoms with Crippen molar-refractivity contribution in [2.24, 2.45) is 0 Å². The first kappa shape index (κ1) is 11.5. The molecule has 0 aliphatic carbocycles. The summed E-state index contributed by atoms with van der Waals surface area (Å²) < 4.78 is 28.5. The first-order valence-electron chi connectivity index (χ1n) is 4.60. The highest BCUT2D eigenvalue weighted by Gasteiger charge is 2.13. The van der Waals surface area contributed by atoms with Gasteiger partial charge in [0, 0.05) is 0 Å². The molecule has 0 heterocycles. The molecule has 0 aliphatic heterocycles. The average Bonchev–Trinajstić information content (AvgIpc) is 2.16. The van der Waals surface area contributed by atoms with E-state index in [-0.39, 0.29) is 11.7 Å². The molecule has 0 saturated carbocycles. The summed E-state index contributed by atoms with van der Waals surface area (Å²) in [6.07, 6.45) is 5.29. The van der Waals surface area contributed by atoms with Crippen LogP contribution in [0.3, 0.4) is 0 Å². The molecule has 1 aromatic rings. The Morgan fingerprint density at radius 2 is 2.00 bits per heavy atom. The van der Waals surface area contributed by atoms with E-state index >= 15 is 0 Å². The van der Waals surface area contributed by atoms with Crippen molar-refractivity contribution in [1.82, 2.24) is 0 Å². The number of benzene rings is 1. The Labute approximate surface area is 88.1 Å². The third kappa shape index (κ3) is 2.69. The topological polar surface area (TPSA) is 9.23 Å². The smallest absolute Gasteiger partial charge is 0.387 e. The van der Waals surface area contributed by atoms with Crippen molar-refractivity contribution in [2.75, 3.05) is 0 Å². The molecule has 1 rings (SSSR count). The van der Waals surface area contributed by atoms with Crippen molar-refractivity contribution >= 4 is 0 Å². The second kappa shape index (κ2) is 4.79. The maximum atomic E-state index is 12.1. The van der Waals surface area contributed by atoms with E-state index in [4.69, 9.17) is 6.42 Å². The highest BCUT2D eigenvalue weighted by Crippen LogP contribution is 2.28. The minimum Gasteiger partial charge on any atom is -0.433 e. The Morgan fingerprint density at radius 1 is 1.33 bits per heavy atom. The third-order valence-electron chi connectivity index (χ3n) is 2.04. The monoisotopic (exact) mass is 210 g/mol. The van der Waals surface area contributed by atoms with Gasteiger partial charge in [0.2, 0.25) is 0 Å². The third-order valence-corrected chi connectivity index (χ3v) is 2.04. The number of halogens is 2. The molecule has 0 aliphatic rings. The summed E-state index contributed by atoms with van der Waals surface area (Å²) in [5.74, 6) is 2.64. The van der Waals surface area contributed by atoms with Gasteiger partial charge in [0.1, 0.15) is 5.75 Å².